The summed E-state index contributed by atoms with van der Waals surface area (Å²) in [4.78, 5) is 0. The molecule has 0 bridgehead atoms. The summed E-state index contributed by atoms with van der Waals surface area (Å²) in [5.74, 6) is 0. The van der Waals surface area contributed by atoms with Crippen molar-refractivity contribution in [2.75, 3.05) is 0 Å². The van der Waals surface area contributed by atoms with Crippen LogP contribution in [0.3, 0.4) is 0 Å². The molecule has 1 aromatic carbocycles. The summed E-state index contributed by atoms with van der Waals surface area (Å²) in [5.41, 5.74) is 1.64. The average Bonchev–Trinajstić information content (AvgIpc) is 2.91. The molecule has 0 amide bonds. The van der Waals surface area contributed by atoms with Crippen molar-refractivity contribution in [3.05, 3.63) is 29.8 Å². The molecule has 2 aliphatic heterocycles. The lowest BCUT2D eigenvalue weighted by Gasteiger charge is -2.32. The maximum absolute atomic E-state index is 6.32. The maximum Gasteiger partial charge on any atom is 0.494 e. The fourth-order valence-corrected chi connectivity index (χ4v) is 6.20. The van der Waals surface area contributed by atoms with Crippen LogP contribution in [0.15, 0.2) is 24.3 Å². The van der Waals surface area contributed by atoms with Crippen molar-refractivity contribution in [2.24, 2.45) is 0 Å². The van der Waals surface area contributed by atoms with Gasteiger partial charge in [0.1, 0.15) is 0 Å². The second-order valence-corrected chi connectivity index (χ2v) is 17.5. The van der Waals surface area contributed by atoms with Gasteiger partial charge in [-0.2, -0.15) is 0 Å². The van der Waals surface area contributed by atoms with Gasteiger partial charge in [0.05, 0.1) is 30.5 Å². The van der Waals surface area contributed by atoms with E-state index >= 15 is 0 Å². The molecule has 0 aliphatic carbocycles. The molecule has 2 saturated heterocycles. The number of hydrogen-bond donors (Lipinski definition) is 0. The Hall–Kier alpha value is -0.593. The van der Waals surface area contributed by atoms with E-state index in [0.717, 1.165) is 11.8 Å². The van der Waals surface area contributed by atoms with Crippen molar-refractivity contribution < 1.29 is 18.6 Å². The van der Waals surface area contributed by atoms with Crippen LogP contribution in [0.4, 0.5) is 0 Å². The summed E-state index contributed by atoms with van der Waals surface area (Å²) in [7, 11) is -2.00. The van der Waals surface area contributed by atoms with E-state index in [9.17, 15) is 0 Å². The highest BCUT2D eigenvalue weighted by atomic mass is 28.3. The minimum absolute atomic E-state index is 0.172. The van der Waals surface area contributed by atoms with E-state index in [1.165, 1.54) is 5.56 Å². The van der Waals surface area contributed by atoms with Crippen LogP contribution in [0, 0.1) is 0 Å². The number of rotatable bonds is 5. The third-order valence-corrected chi connectivity index (χ3v) is 10.3. The van der Waals surface area contributed by atoms with Crippen molar-refractivity contribution in [3.8, 4) is 0 Å². The molecule has 1 atom stereocenters. The normalized spacial score (nSPS) is 25.6. The summed E-state index contributed by atoms with van der Waals surface area (Å²) >= 11 is 0. The van der Waals surface area contributed by atoms with Crippen molar-refractivity contribution in [3.63, 3.8) is 0 Å². The van der Waals surface area contributed by atoms with Gasteiger partial charge in [-0.1, -0.05) is 43.9 Å². The highest BCUT2D eigenvalue weighted by Crippen LogP contribution is 2.42. The Morgan fingerprint density at radius 2 is 1.10 bits per heavy atom. The maximum atomic E-state index is 6.32. The number of hydrogen-bond acceptors (Lipinski definition) is 4. The van der Waals surface area contributed by atoms with Gasteiger partial charge in [-0.25, -0.2) is 0 Å². The lowest BCUT2D eigenvalue weighted by Crippen LogP contribution is -2.41. The van der Waals surface area contributed by atoms with E-state index in [0.29, 0.717) is 5.54 Å². The largest absolute Gasteiger partial charge is 0.494 e. The van der Waals surface area contributed by atoms with Gasteiger partial charge in [0.15, 0.2) is 0 Å². The Morgan fingerprint density at radius 3 is 1.50 bits per heavy atom. The molecule has 0 spiro atoms. The van der Waals surface area contributed by atoms with Gasteiger partial charge in [0.25, 0.3) is 0 Å². The minimum atomic E-state index is -1.51. The molecule has 0 aromatic heterocycles. The molecule has 2 aliphatic rings. The zero-order valence-electron chi connectivity index (χ0n) is 20.9. The third kappa shape index (κ3) is 4.47. The van der Waals surface area contributed by atoms with Crippen LogP contribution in [0.2, 0.25) is 26.0 Å². The molecule has 166 valence electrons. The molecule has 4 nitrogen and oxygen atoms in total. The molecule has 1 aromatic rings. The summed E-state index contributed by atoms with van der Waals surface area (Å²) in [5, 5.41) is 0. The van der Waals surface area contributed by atoms with Crippen LogP contribution in [0.25, 0.3) is 0 Å². The van der Waals surface area contributed by atoms with Crippen molar-refractivity contribution in [1.29, 1.82) is 0 Å². The van der Waals surface area contributed by atoms with E-state index in [2.05, 4.69) is 99.3 Å². The molecule has 0 radical (unpaired) electrons. The first-order valence-corrected chi connectivity index (χ1v) is 14.8. The monoisotopic (exact) mass is 430 g/mol. The molecule has 2 fully saturated rings. The Bertz CT molecular complexity index is 736. The molecule has 3 rings (SSSR count). The average molecular weight is 430 g/mol. The van der Waals surface area contributed by atoms with E-state index in [1.54, 1.807) is 0 Å². The van der Waals surface area contributed by atoms with Gasteiger partial charge in [0, 0.05) is 0 Å². The van der Waals surface area contributed by atoms with Crippen LogP contribution in [-0.2, 0) is 18.6 Å². The van der Waals surface area contributed by atoms with Crippen molar-refractivity contribution in [2.45, 2.75) is 109 Å². The van der Waals surface area contributed by atoms with E-state index in [-0.39, 0.29) is 36.6 Å². The smallest absolute Gasteiger partial charge is 0.403 e. The Balaban J connectivity index is 1.78. The van der Waals surface area contributed by atoms with Crippen LogP contribution < -0.4 is 5.46 Å². The van der Waals surface area contributed by atoms with E-state index in [4.69, 9.17) is 18.6 Å². The Kier molecular flexibility index (Phi) is 6.00. The first-order chi connectivity index (χ1) is 13.5. The lowest BCUT2D eigenvalue weighted by molar-refractivity contribution is 0.00578. The van der Waals surface area contributed by atoms with Gasteiger partial charge in [-0.15, -0.1) is 0 Å². The molecule has 2 heterocycles. The zero-order chi connectivity index (χ0) is 22.8. The lowest BCUT2D eigenvalue weighted by atomic mass is 9.77. The van der Waals surface area contributed by atoms with Gasteiger partial charge >= 0.3 is 14.2 Å². The standard InChI is InChI=1S/C23H40B2O4Si/c1-20(2)21(3,4)27-24(26-20)16-19(30(9,10)11)17-12-14-18(15-13-17)25-28-22(5,6)23(7,8)29-25/h12-15,19H,16H2,1-11H3. The molecule has 0 N–H and O–H groups in total. The molecule has 0 saturated carbocycles. The van der Waals surface area contributed by atoms with Crippen LogP contribution in [-0.4, -0.2) is 44.7 Å². The van der Waals surface area contributed by atoms with Crippen molar-refractivity contribution in [1.82, 2.24) is 0 Å². The first kappa shape index (κ1) is 24.1. The minimum Gasteiger partial charge on any atom is -0.403 e. The predicted octanol–water partition coefficient (Wildman–Crippen LogP) is 5.04. The van der Waals surface area contributed by atoms with Crippen LogP contribution in [0.5, 0.6) is 0 Å². The third-order valence-electron chi connectivity index (χ3n) is 7.64. The van der Waals surface area contributed by atoms with Gasteiger partial charge in [-0.05, 0) is 78.3 Å². The highest BCUT2D eigenvalue weighted by Gasteiger charge is 2.53. The summed E-state index contributed by atoms with van der Waals surface area (Å²) in [6.45, 7) is 24.1. The fourth-order valence-electron chi connectivity index (χ4n) is 4.11. The topological polar surface area (TPSA) is 36.9 Å². The molecule has 1 unspecified atom stereocenters. The van der Waals surface area contributed by atoms with E-state index in [1.807, 2.05) is 0 Å². The Labute approximate surface area is 185 Å². The first-order valence-electron chi connectivity index (χ1n) is 11.3. The second-order valence-electron chi connectivity index (χ2n) is 12.1. The predicted molar refractivity (Wildman–Crippen MR) is 129 cm³/mol. The second kappa shape index (κ2) is 7.48. The summed E-state index contributed by atoms with van der Waals surface area (Å²) in [6.07, 6.45) is 0.887. The fraction of sp³-hybridized carbons (Fsp3) is 0.739. The SMILES string of the molecule is CC1(C)OB(CC(c2ccc(B3OC(C)(C)C(C)(C)O3)cc2)[Si](C)(C)C)OC1(C)C. The Morgan fingerprint density at radius 1 is 0.700 bits per heavy atom. The van der Waals surface area contributed by atoms with E-state index < -0.39 is 8.07 Å². The van der Waals surface area contributed by atoms with Gasteiger partial charge < -0.3 is 18.6 Å². The molecular formula is C23H40B2O4Si. The molecule has 30 heavy (non-hydrogen) atoms. The van der Waals surface area contributed by atoms with Crippen LogP contribution in [0.1, 0.15) is 66.5 Å². The molecule has 7 heteroatoms. The van der Waals surface area contributed by atoms with Gasteiger partial charge in [0.2, 0.25) is 0 Å². The summed E-state index contributed by atoms with van der Waals surface area (Å²) < 4.78 is 25.1. The van der Waals surface area contributed by atoms with Gasteiger partial charge in [-0.3, -0.25) is 0 Å². The van der Waals surface area contributed by atoms with Crippen molar-refractivity contribution >= 4 is 27.8 Å². The zero-order valence-corrected chi connectivity index (χ0v) is 21.9. The highest BCUT2D eigenvalue weighted by molar-refractivity contribution is 6.78. The summed E-state index contributed by atoms with van der Waals surface area (Å²) in [6, 6.07) is 8.81. The molecular weight excluding hydrogens is 390 g/mol. The number of benzene rings is 1. The van der Waals surface area contributed by atoms with Crippen LogP contribution >= 0.6 is 0 Å². The quantitative estimate of drug-likeness (QED) is 0.614.